The van der Waals surface area contributed by atoms with Crippen LogP contribution in [0.25, 0.3) is 0 Å². The third-order valence-electron chi connectivity index (χ3n) is 3.03. The van der Waals surface area contributed by atoms with Crippen LogP contribution in [0.4, 0.5) is 0 Å². The molecule has 0 aromatic heterocycles. The first kappa shape index (κ1) is 14.0. The molecule has 0 bridgehead atoms. The van der Waals surface area contributed by atoms with E-state index in [1.165, 1.54) is 3.58 Å². The molecule has 0 spiro atoms. The van der Waals surface area contributed by atoms with Crippen molar-refractivity contribution in [2.45, 2.75) is 0 Å². The summed E-state index contributed by atoms with van der Waals surface area (Å²) >= 11 is -2.77. The van der Waals surface area contributed by atoms with E-state index in [0.717, 1.165) is 0 Å². The molecule has 1 rings (SSSR count). The first-order valence-electron chi connectivity index (χ1n) is 5.51. The van der Waals surface area contributed by atoms with Crippen LogP contribution in [-0.2, 0) is 0 Å². The van der Waals surface area contributed by atoms with Gasteiger partial charge in [0.15, 0.2) is 0 Å². The van der Waals surface area contributed by atoms with Gasteiger partial charge in [0, 0.05) is 0 Å². The third-order valence-corrected chi connectivity index (χ3v) is 16.9. The van der Waals surface area contributed by atoms with Crippen LogP contribution in [0.3, 0.4) is 0 Å². The molecular weight excluding hydrogens is 305 g/mol. The van der Waals surface area contributed by atoms with Gasteiger partial charge in [0.1, 0.15) is 0 Å². The van der Waals surface area contributed by atoms with Gasteiger partial charge in [-0.05, 0) is 0 Å². The predicted octanol–water partition coefficient (Wildman–Crippen LogP) is 0.517. The Morgan fingerprint density at radius 1 is 0.688 bits per heavy atom. The first-order chi connectivity index (χ1) is 7.44. The average Bonchev–Trinajstić information content (AvgIpc) is 2.18. The van der Waals surface area contributed by atoms with Crippen LogP contribution < -0.4 is 3.58 Å². The van der Waals surface area contributed by atoms with Crippen LogP contribution >= 0.6 is 0 Å². The number of hydrogen-bond donors (Lipinski definition) is 0. The maximum absolute atomic E-state index is 2.77. The summed E-state index contributed by atoms with van der Waals surface area (Å²) in [5.41, 5.74) is 0. The molecule has 0 radical (unpaired) electrons. The molecule has 0 fully saturated rings. The van der Waals surface area contributed by atoms with Gasteiger partial charge in [0.2, 0.25) is 0 Å². The molecule has 3 nitrogen and oxygen atoms in total. The Bertz CT molecular complexity index is 301. The summed E-state index contributed by atoms with van der Waals surface area (Å²) in [6, 6.07) is 10.9. The molecule has 0 aliphatic carbocycles. The predicted molar refractivity (Wildman–Crippen MR) is 72.9 cm³/mol. The Morgan fingerprint density at radius 2 is 1.06 bits per heavy atom. The molecule has 0 N–H and O–H groups in total. The SMILES string of the molecule is C[N](C)[Sn]([c]1ccccc1)([N](C)C)[N](C)C. The van der Waals surface area contributed by atoms with E-state index in [4.69, 9.17) is 0 Å². The van der Waals surface area contributed by atoms with Gasteiger partial charge in [-0.15, -0.1) is 0 Å². The van der Waals surface area contributed by atoms with Crippen LogP contribution in [0.1, 0.15) is 0 Å². The van der Waals surface area contributed by atoms with Crippen molar-refractivity contribution in [1.29, 1.82) is 0 Å². The molecule has 1 aromatic carbocycles. The Labute approximate surface area is 105 Å². The third kappa shape index (κ3) is 2.27. The Hall–Kier alpha value is -0.101. The molecule has 0 atom stereocenters. The van der Waals surface area contributed by atoms with Crippen LogP contribution in [0, 0.1) is 0 Å². The second kappa shape index (κ2) is 5.49. The van der Waals surface area contributed by atoms with Crippen LogP contribution in [0.5, 0.6) is 0 Å². The molecule has 1 aromatic rings. The zero-order valence-electron chi connectivity index (χ0n) is 11.2. The molecule has 90 valence electrons. The quantitative estimate of drug-likeness (QED) is 0.746. The van der Waals surface area contributed by atoms with Crippen molar-refractivity contribution in [2.75, 3.05) is 42.3 Å². The summed E-state index contributed by atoms with van der Waals surface area (Å²) in [5.74, 6) is 0. The molecular formula is C12H23N3Sn. The fourth-order valence-electron chi connectivity index (χ4n) is 2.64. The minimum atomic E-state index is -2.77. The number of rotatable bonds is 4. The van der Waals surface area contributed by atoms with Gasteiger partial charge in [0.25, 0.3) is 0 Å². The van der Waals surface area contributed by atoms with Crippen molar-refractivity contribution in [3.8, 4) is 0 Å². The van der Waals surface area contributed by atoms with Gasteiger partial charge >= 0.3 is 105 Å². The van der Waals surface area contributed by atoms with Crippen molar-refractivity contribution >= 4 is 22.8 Å². The summed E-state index contributed by atoms with van der Waals surface area (Å²) in [4.78, 5) is 0. The molecule has 4 heteroatoms. The normalized spacial score (nSPS) is 12.8. The summed E-state index contributed by atoms with van der Waals surface area (Å²) in [5, 5.41) is 0. The van der Waals surface area contributed by atoms with Crippen LogP contribution in [0.15, 0.2) is 30.3 Å². The van der Waals surface area contributed by atoms with Gasteiger partial charge in [0.05, 0.1) is 0 Å². The zero-order valence-corrected chi connectivity index (χ0v) is 14.1. The topological polar surface area (TPSA) is 9.72 Å². The monoisotopic (exact) mass is 329 g/mol. The molecule has 0 saturated carbocycles. The van der Waals surface area contributed by atoms with E-state index in [9.17, 15) is 0 Å². The van der Waals surface area contributed by atoms with Crippen LogP contribution in [0.2, 0.25) is 0 Å². The van der Waals surface area contributed by atoms with Crippen molar-refractivity contribution in [3.63, 3.8) is 0 Å². The second-order valence-electron chi connectivity index (χ2n) is 4.68. The van der Waals surface area contributed by atoms with Gasteiger partial charge < -0.3 is 0 Å². The molecule has 0 heterocycles. The summed E-state index contributed by atoms with van der Waals surface area (Å²) in [7, 11) is 13.2. The van der Waals surface area contributed by atoms with Gasteiger partial charge in [-0.3, -0.25) is 0 Å². The summed E-state index contributed by atoms with van der Waals surface area (Å²) < 4.78 is 8.79. The molecule has 0 aliphatic heterocycles. The van der Waals surface area contributed by atoms with Crippen LogP contribution in [-0.4, -0.2) is 70.8 Å². The Balaban J connectivity index is 3.34. The van der Waals surface area contributed by atoms with Crippen molar-refractivity contribution in [1.82, 2.24) is 9.36 Å². The molecule has 0 saturated heterocycles. The average molecular weight is 328 g/mol. The molecule has 0 unspecified atom stereocenters. The van der Waals surface area contributed by atoms with E-state index in [2.05, 4.69) is 82.0 Å². The van der Waals surface area contributed by atoms with E-state index in [1.807, 2.05) is 0 Å². The van der Waals surface area contributed by atoms with E-state index in [-0.39, 0.29) is 0 Å². The number of nitrogens with zero attached hydrogens (tertiary/aromatic N) is 3. The Morgan fingerprint density at radius 3 is 1.38 bits per heavy atom. The van der Waals surface area contributed by atoms with Crippen molar-refractivity contribution < 1.29 is 0 Å². The summed E-state index contributed by atoms with van der Waals surface area (Å²) in [6.07, 6.45) is 0. The fraction of sp³-hybridized carbons (Fsp3) is 0.500. The van der Waals surface area contributed by atoms with Gasteiger partial charge in [-0.2, -0.15) is 0 Å². The fourth-order valence-corrected chi connectivity index (χ4v) is 15.7. The standard InChI is InChI=1S/C6H5.3C2H6N.Sn/c1-2-4-6-5-3-1;3*1-3-2;/h1-5H;3*1-2H3;/q;3*-1;+3. The molecule has 0 aliphatic rings. The first-order valence-corrected chi connectivity index (χ1v) is 10.8. The van der Waals surface area contributed by atoms with Gasteiger partial charge in [-0.25, -0.2) is 0 Å². The number of benzene rings is 1. The maximum atomic E-state index is 2.43. The number of hydrogen-bond acceptors (Lipinski definition) is 3. The van der Waals surface area contributed by atoms with E-state index in [1.54, 1.807) is 0 Å². The van der Waals surface area contributed by atoms with Crippen molar-refractivity contribution in [3.05, 3.63) is 30.3 Å². The van der Waals surface area contributed by atoms with E-state index < -0.39 is 19.2 Å². The molecule has 0 amide bonds. The Kier molecular flexibility index (Phi) is 4.79. The minimum absolute atomic E-state index is 1.48. The second-order valence-corrected chi connectivity index (χ2v) is 17.6. The van der Waals surface area contributed by atoms with E-state index in [0.29, 0.717) is 0 Å². The zero-order chi connectivity index (χ0) is 12.3. The molecule has 16 heavy (non-hydrogen) atoms. The van der Waals surface area contributed by atoms with Gasteiger partial charge in [-0.1, -0.05) is 0 Å². The van der Waals surface area contributed by atoms with E-state index >= 15 is 0 Å². The summed E-state index contributed by atoms with van der Waals surface area (Å²) in [6.45, 7) is 0. The van der Waals surface area contributed by atoms with Crippen molar-refractivity contribution in [2.24, 2.45) is 0 Å².